The molecule has 0 bridgehead atoms. The van der Waals surface area contributed by atoms with Gasteiger partial charge in [-0.3, -0.25) is 4.79 Å². The second-order valence-corrected chi connectivity index (χ2v) is 4.54. The Kier molecular flexibility index (Phi) is 2.91. The number of carboxylic acids is 1. The Morgan fingerprint density at radius 1 is 1.14 bits per heavy atom. The normalized spacial score (nSPS) is 10.7. The fourth-order valence-electron chi connectivity index (χ4n) is 2.16. The maximum atomic E-state index is 11.4. The molecule has 1 heterocycles. The lowest BCUT2D eigenvalue weighted by Gasteiger charge is -2.02. The number of carboxylic acid groups (broad SMARTS) is 1. The lowest BCUT2D eigenvalue weighted by atomic mass is 10.1. The molecule has 0 radical (unpaired) electrons. The molecule has 104 valence electrons. The van der Waals surface area contributed by atoms with Gasteiger partial charge in [0.25, 0.3) is 5.91 Å². The van der Waals surface area contributed by atoms with Gasteiger partial charge in [-0.15, -0.1) is 0 Å². The van der Waals surface area contributed by atoms with E-state index in [4.69, 9.17) is 10.8 Å². The van der Waals surface area contributed by atoms with Gasteiger partial charge in [0, 0.05) is 11.6 Å². The predicted molar refractivity (Wildman–Crippen MR) is 76.5 cm³/mol. The van der Waals surface area contributed by atoms with Crippen molar-refractivity contribution in [2.45, 2.75) is 0 Å². The van der Waals surface area contributed by atoms with E-state index in [1.807, 2.05) is 6.07 Å². The van der Waals surface area contributed by atoms with E-state index in [1.54, 1.807) is 30.5 Å². The third-order valence-electron chi connectivity index (χ3n) is 3.16. The summed E-state index contributed by atoms with van der Waals surface area (Å²) in [6.45, 7) is 0. The summed E-state index contributed by atoms with van der Waals surface area (Å²) in [7, 11) is 0. The number of nitrogens with zero attached hydrogens (tertiary/aromatic N) is 2. The summed E-state index contributed by atoms with van der Waals surface area (Å²) in [6.07, 6.45) is 1.72. The van der Waals surface area contributed by atoms with Crippen LogP contribution in [0, 0.1) is 0 Å². The summed E-state index contributed by atoms with van der Waals surface area (Å²) < 4.78 is 1.53. The molecule has 0 atom stereocenters. The molecule has 6 nitrogen and oxygen atoms in total. The molecule has 21 heavy (non-hydrogen) atoms. The molecule has 2 aromatic carbocycles. The number of fused-ring (bicyclic) bond motifs is 1. The molecule has 0 aliphatic carbocycles. The monoisotopic (exact) mass is 281 g/mol. The maximum absolute atomic E-state index is 11.4. The molecule has 1 amide bonds. The van der Waals surface area contributed by atoms with Crippen molar-refractivity contribution in [2.75, 3.05) is 0 Å². The maximum Gasteiger partial charge on any atom is 0.335 e. The fourth-order valence-corrected chi connectivity index (χ4v) is 2.16. The number of benzene rings is 2. The largest absolute Gasteiger partial charge is 0.478 e. The second kappa shape index (κ2) is 4.75. The van der Waals surface area contributed by atoms with E-state index >= 15 is 0 Å². The quantitative estimate of drug-likeness (QED) is 0.765. The van der Waals surface area contributed by atoms with Crippen LogP contribution in [0.15, 0.2) is 48.7 Å². The van der Waals surface area contributed by atoms with Crippen LogP contribution in [-0.4, -0.2) is 26.8 Å². The number of rotatable bonds is 3. The number of nitrogens with two attached hydrogens (primary N) is 1. The zero-order valence-corrected chi connectivity index (χ0v) is 10.9. The van der Waals surface area contributed by atoms with Crippen molar-refractivity contribution in [1.82, 2.24) is 9.78 Å². The number of carbonyl (C=O) groups is 2. The van der Waals surface area contributed by atoms with Crippen LogP contribution in [0.25, 0.3) is 16.6 Å². The Bertz CT molecular complexity index is 867. The minimum Gasteiger partial charge on any atom is -0.478 e. The van der Waals surface area contributed by atoms with Crippen molar-refractivity contribution >= 4 is 22.8 Å². The molecule has 1 aromatic heterocycles. The number of hydrogen-bond donors (Lipinski definition) is 2. The van der Waals surface area contributed by atoms with Crippen molar-refractivity contribution in [2.24, 2.45) is 5.73 Å². The van der Waals surface area contributed by atoms with E-state index in [9.17, 15) is 9.59 Å². The summed E-state index contributed by atoms with van der Waals surface area (Å²) in [5.74, 6) is -1.56. The number of hydrogen-bond acceptors (Lipinski definition) is 3. The zero-order chi connectivity index (χ0) is 15.0. The van der Waals surface area contributed by atoms with Gasteiger partial charge in [0.2, 0.25) is 0 Å². The van der Waals surface area contributed by atoms with Crippen LogP contribution in [-0.2, 0) is 0 Å². The van der Waals surface area contributed by atoms with Crippen LogP contribution >= 0.6 is 0 Å². The van der Waals surface area contributed by atoms with Gasteiger partial charge in [-0.25, -0.2) is 9.48 Å². The summed E-state index contributed by atoms with van der Waals surface area (Å²) in [5.41, 5.74) is 6.92. The third kappa shape index (κ3) is 2.23. The van der Waals surface area contributed by atoms with E-state index < -0.39 is 11.9 Å². The molecule has 6 heteroatoms. The van der Waals surface area contributed by atoms with Gasteiger partial charge in [-0.05, 0) is 24.3 Å². The number of aromatic nitrogens is 2. The topological polar surface area (TPSA) is 98.2 Å². The molecule has 0 unspecified atom stereocenters. The van der Waals surface area contributed by atoms with E-state index in [-0.39, 0.29) is 5.56 Å². The summed E-state index contributed by atoms with van der Waals surface area (Å²) in [4.78, 5) is 22.4. The van der Waals surface area contributed by atoms with Crippen molar-refractivity contribution in [3.63, 3.8) is 0 Å². The minimum absolute atomic E-state index is 0.169. The highest BCUT2D eigenvalue weighted by molar-refractivity contribution is 6.04. The Labute approximate surface area is 119 Å². The Morgan fingerprint density at radius 2 is 1.90 bits per heavy atom. The number of aromatic carboxylic acids is 1. The first-order valence-electron chi connectivity index (χ1n) is 6.18. The first-order chi connectivity index (χ1) is 10.1. The van der Waals surface area contributed by atoms with Gasteiger partial charge in [0.15, 0.2) is 0 Å². The number of carbonyl (C=O) groups excluding carboxylic acids is 1. The minimum atomic E-state index is -1.01. The number of primary amides is 1. The highest BCUT2D eigenvalue weighted by Crippen LogP contribution is 2.19. The summed E-state index contributed by atoms with van der Waals surface area (Å²) in [5, 5.41) is 14.1. The van der Waals surface area contributed by atoms with Crippen LogP contribution in [0.4, 0.5) is 0 Å². The molecule has 0 saturated carbocycles. The fraction of sp³-hybridized carbons (Fsp3) is 0. The Hall–Kier alpha value is -3.15. The van der Waals surface area contributed by atoms with Crippen LogP contribution in [0.2, 0.25) is 0 Å². The Morgan fingerprint density at radius 3 is 2.62 bits per heavy atom. The van der Waals surface area contributed by atoms with Crippen LogP contribution < -0.4 is 5.73 Å². The summed E-state index contributed by atoms with van der Waals surface area (Å²) in [6, 6.07) is 11.5. The molecule has 0 spiro atoms. The number of amides is 1. The molecule has 3 aromatic rings. The molecule has 0 fully saturated rings. The van der Waals surface area contributed by atoms with E-state index in [2.05, 4.69) is 5.10 Å². The highest BCUT2D eigenvalue weighted by atomic mass is 16.4. The first-order valence-corrected chi connectivity index (χ1v) is 6.18. The lowest BCUT2D eigenvalue weighted by Crippen LogP contribution is -2.11. The smallest absolute Gasteiger partial charge is 0.335 e. The molecule has 0 aliphatic rings. The first kappa shape index (κ1) is 12.9. The molecular weight excluding hydrogens is 270 g/mol. The van der Waals surface area contributed by atoms with E-state index in [0.29, 0.717) is 16.8 Å². The average molecular weight is 281 g/mol. The van der Waals surface area contributed by atoms with Crippen molar-refractivity contribution in [3.05, 3.63) is 59.8 Å². The van der Waals surface area contributed by atoms with E-state index in [0.717, 1.165) is 5.39 Å². The molecule has 0 aliphatic heterocycles. The molecule has 0 saturated heterocycles. The van der Waals surface area contributed by atoms with Crippen molar-refractivity contribution in [1.29, 1.82) is 0 Å². The van der Waals surface area contributed by atoms with Crippen LogP contribution in [0.1, 0.15) is 20.7 Å². The standard InChI is InChI=1S/C15H11N3O3/c16-14(19)12-6-2-4-10-8-18(17-13(10)12)11-5-1-3-9(7-11)15(20)21/h1-8H,(H2,16,19)(H,20,21). The zero-order valence-electron chi connectivity index (χ0n) is 10.9. The van der Waals surface area contributed by atoms with Crippen molar-refractivity contribution < 1.29 is 14.7 Å². The Balaban J connectivity index is 2.18. The van der Waals surface area contributed by atoms with Gasteiger partial charge >= 0.3 is 5.97 Å². The lowest BCUT2D eigenvalue weighted by molar-refractivity contribution is 0.0696. The molecule has 3 N–H and O–H groups in total. The van der Waals surface area contributed by atoms with E-state index in [1.165, 1.54) is 16.8 Å². The van der Waals surface area contributed by atoms with Gasteiger partial charge in [-0.1, -0.05) is 18.2 Å². The average Bonchev–Trinajstić information content (AvgIpc) is 2.91. The molecule has 3 rings (SSSR count). The van der Waals surface area contributed by atoms with Gasteiger partial charge in [0.1, 0.15) is 5.52 Å². The van der Waals surface area contributed by atoms with Gasteiger partial charge < -0.3 is 10.8 Å². The van der Waals surface area contributed by atoms with Crippen molar-refractivity contribution in [3.8, 4) is 5.69 Å². The molecular formula is C15H11N3O3. The van der Waals surface area contributed by atoms with Crippen LogP contribution in [0.5, 0.6) is 0 Å². The third-order valence-corrected chi connectivity index (χ3v) is 3.16. The van der Waals surface area contributed by atoms with Crippen LogP contribution in [0.3, 0.4) is 0 Å². The van der Waals surface area contributed by atoms with Gasteiger partial charge in [-0.2, -0.15) is 5.10 Å². The second-order valence-electron chi connectivity index (χ2n) is 4.54. The predicted octanol–water partition coefficient (Wildman–Crippen LogP) is 1.82. The SMILES string of the molecule is NC(=O)c1cccc2cn(-c3cccc(C(=O)O)c3)nc12. The summed E-state index contributed by atoms with van der Waals surface area (Å²) >= 11 is 0. The highest BCUT2D eigenvalue weighted by Gasteiger charge is 2.11. The van der Waals surface area contributed by atoms with Gasteiger partial charge in [0.05, 0.1) is 16.8 Å².